The van der Waals surface area contributed by atoms with Crippen LogP contribution in [0.15, 0.2) is 18.2 Å². The van der Waals surface area contributed by atoms with Gasteiger partial charge in [0, 0.05) is 19.0 Å². The van der Waals surface area contributed by atoms with E-state index >= 15 is 0 Å². The first-order chi connectivity index (χ1) is 10.6. The minimum absolute atomic E-state index is 0.0313. The van der Waals surface area contributed by atoms with Crippen molar-refractivity contribution in [2.24, 2.45) is 5.92 Å². The van der Waals surface area contributed by atoms with Crippen molar-refractivity contribution in [2.75, 3.05) is 27.3 Å². The molecule has 4 nitrogen and oxygen atoms in total. The Bertz CT molecular complexity index is 467. The van der Waals surface area contributed by atoms with E-state index in [1.165, 1.54) is 0 Å². The molecule has 0 aliphatic rings. The summed E-state index contributed by atoms with van der Waals surface area (Å²) < 4.78 is 10.6. The van der Waals surface area contributed by atoms with E-state index in [1.807, 2.05) is 30.0 Å². The van der Waals surface area contributed by atoms with E-state index in [1.54, 1.807) is 14.2 Å². The summed E-state index contributed by atoms with van der Waals surface area (Å²) in [4.78, 5) is 14.6. The summed E-state index contributed by atoms with van der Waals surface area (Å²) in [7, 11) is 3.25. The van der Waals surface area contributed by atoms with E-state index in [4.69, 9.17) is 9.47 Å². The van der Waals surface area contributed by atoms with Crippen molar-refractivity contribution < 1.29 is 14.3 Å². The molecule has 0 saturated heterocycles. The summed E-state index contributed by atoms with van der Waals surface area (Å²) >= 11 is 0. The van der Waals surface area contributed by atoms with Crippen LogP contribution in [0.1, 0.15) is 39.2 Å². The quantitative estimate of drug-likeness (QED) is 0.700. The zero-order valence-corrected chi connectivity index (χ0v) is 14.5. The second-order valence-corrected chi connectivity index (χ2v) is 5.62. The lowest BCUT2D eigenvalue weighted by Crippen LogP contribution is -2.37. The lowest BCUT2D eigenvalue weighted by molar-refractivity contribution is -0.135. The van der Waals surface area contributed by atoms with E-state index in [0.717, 1.165) is 31.5 Å². The van der Waals surface area contributed by atoms with Gasteiger partial charge in [-0.2, -0.15) is 0 Å². The average Bonchev–Trinajstić information content (AvgIpc) is 2.53. The van der Waals surface area contributed by atoms with Crippen LogP contribution >= 0.6 is 0 Å². The van der Waals surface area contributed by atoms with Crippen LogP contribution in [0.4, 0.5) is 0 Å². The van der Waals surface area contributed by atoms with Gasteiger partial charge in [0.2, 0.25) is 5.91 Å². The van der Waals surface area contributed by atoms with Gasteiger partial charge in [0.15, 0.2) is 11.5 Å². The summed E-state index contributed by atoms with van der Waals surface area (Å²) in [6.07, 6.45) is 2.70. The van der Waals surface area contributed by atoms with Crippen LogP contribution in [0.5, 0.6) is 11.5 Å². The maximum Gasteiger partial charge on any atom is 0.225 e. The zero-order chi connectivity index (χ0) is 16.5. The van der Waals surface area contributed by atoms with Crippen LogP contribution in [0.3, 0.4) is 0 Å². The number of nitrogens with zero attached hydrogens (tertiary/aromatic N) is 1. The number of methoxy groups -OCH3 is 2. The van der Waals surface area contributed by atoms with Gasteiger partial charge >= 0.3 is 0 Å². The Morgan fingerprint density at radius 3 is 2.18 bits per heavy atom. The first-order valence-electron chi connectivity index (χ1n) is 8.07. The van der Waals surface area contributed by atoms with Crippen molar-refractivity contribution in [3.8, 4) is 11.5 Å². The smallest absolute Gasteiger partial charge is 0.225 e. The lowest BCUT2D eigenvalue weighted by Gasteiger charge is -2.25. The van der Waals surface area contributed by atoms with Crippen molar-refractivity contribution >= 4 is 5.91 Å². The van der Waals surface area contributed by atoms with Gasteiger partial charge in [0.25, 0.3) is 0 Å². The molecule has 0 radical (unpaired) electrons. The molecule has 4 heteroatoms. The minimum atomic E-state index is -0.0313. The predicted molar refractivity (Wildman–Crippen MR) is 89.6 cm³/mol. The van der Waals surface area contributed by atoms with Gasteiger partial charge in [-0.25, -0.2) is 0 Å². The van der Waals surface area contributed by atoms with Crippen LogP contribution in [-0.2, 0) is 11.2 Å². The third-order valence-corrected chi connectivity index (χ3v) is 3.71. The standard InChI is InChI=1S/C18H29NO3/c1-6-10-19(11-7-2)18(20)14(3)12-15-8-9-16(21-4)17(13-15)22-5/h8-9,13-14H,6-7,10-12H2,1-5H3. The Labute approximate surface area is 134 Å². The van der Waals surface area contributed by atoms with Crippen molar-refractivity contribution in [1.82, 2.24) is 4.90 Å². The molecule has 1 atom stereocenters. The summed E-state index contributed by atoms with van der Waals surface area (Å²) in [6.45, 7) is 7.88. The molecule has 1 aromatic carbocycles. The highest BCUT2D eigenvalue weighted by Gasteiger charge is 2.20. The number of carbonyl (C=O) groups excluding carboxylic acids is 1. The van der Waals surface area contributed by atoms with Crippen LogP contribution in [0, 0.1) is 5.92 Å². The van der Waals surface area contributed by atoms with Gasteiger partial charge < -0.3 is 14.4 Å². The fourth-order valence-electron chi connectivity index (χ4n) is 2.63. The summed E-state index contributed by atoms with van der Waals surface area (Å²) in [5.74, 6) is 1.62. The minimum Gasteiger partial charge on any atom is -0.493 e. The van der Waals surface area contributed by atoms with Gasteiger partial charge in [0.1, 0.15) is 0 Å². The van der Waals surface area contributed by atoms with E-state index in [2.05, 4.69) is 13.8 Å². The molecule has 0 aromatic heterocycles. The third kappa shape index (κ3) is 4.93. The molecule has 0 bridgehead atoms. The molecule has 1 rings (SSSR count). The molecule has 0 saturated carbocycles. The van der Waals surface area contributed by atoms with Gasteiger partial charge in [0.05, 0.1) is 14.2 Å². The molecule has 124 valence electrons. The molecule has 1 amide bonds. The normalized spacial score (nSPS) is 11.9. The topological polar surface area (TPSA) is 38.8 Å². The number of rotatable bonds is 9. The fraction of sp³-hybridized carbons (Fsp3) is 0.611. The van der Waals surface area contributed by atoms with E-state index in [0.29, 0.717) is 17.9 Å². The van der Waals surface area contributed by atoms with Crippen molar-refractivity contribution in [2.45, 2.75) is 40.0 Å². The molecule has 22 heavy (non-hydrogen) atoms. The van der Waals surface area contributed by atoms with Crippen molar-refractivity contribution in [3.63, 3.8) is 0 Å². The molecular weight excluding hydrogens is 278 g/mol. The molecule has 0 N–H and O–H groups in total. The number of benzene rings is 1. The maximum atomic E-state index is 12.6. The third-order valence-electron chi connectivity index (χ3n) is 3.71. The SMILES string of the molecule is CCCN(CCC)C(=O)C(C)Cc1ccc(OC)c(OC)c1. The molecule has 1 unspecified atom stereocenters. The molecule has 0 spiro atoms. The van der Waals surface area contributed by atoms with Crippen molar-refractivity contribution in [3.05, 3.63) is 23.8 Å². The molecular formula is C18H29NO3. The van der Waals surface area contributed by atoms with Gasteiger partial charge in [-0.05, 0) is 37.0 Å². The lowest BCUT2D eigenvalue weighted by atomic mass is 9.99. The summed E-state index contributed by atoms with van der Waals surface area (Å²) in [5, 5.41) is 0. The van der Waals surface area contributed by atoms with E-state index < -0.39 is 0 Å². The zero-order valence-electron chi connectivity index (χ0n) is 14.5. The number of amides is 1. The predicted octanol–water partition coefficient (Wildman–Crippen LogP) is 3.53. The summed E-state index contributed by atoms with van der Waals surface area (Å²) in [5.41, 5.74) is 1.09. The maximum absolute atomic E-state index is 12.6. The van der Waals surface area contributed by atoms with Gasteiger partial charge in [-0.15, -0.1) is 0 Å². The Kier molecular flexibility index (Phi) is 7.78. The van der Waals surface area contributed by atoms with Gasteiger partial charge in [-0.1, -0.05) is 26.8 Å². The number of hydrogen-bond acceptors (Lipinski definition) is 3. The Morgan fingerprint density at radius 1 is 1.09 bits per heavy atom. The first kappa shape index (κ1) is 18.3. The van der Waals surface area contributed by atoms with Crippen LogP contribution in [0.25, 0.3) is 0 Å². The number of carbonyl (C=O) groups is 1. The first-order valence-corrected chi connectivity index (χ1v) is 8.07. The Morgan fingerprint density at radius 2 is 1.68 bits per heavy atom. The molecule has 0 aliphatic heterocycles. The van der Waals surface area contributed by atoms with Crippen LogP contribution < -0.4 is 9.47 Å². The Balaban J connectivity index is 2.78. The van der Waals surface area contributed by atoms with Crippen LogP contribution in [-0.4, -0.2) is 38.1 Å². The largest absolute Gasteiger partial charge is 0.493 e. The second kappa shape index (κ2) is 9.34. The fourth-order valence-corrected chi connectivity index (χ4v) is 2.63. The summed E-state index contributed by atoms with van der Waals surface area (Å²) in [6, 6.07) is 5.84. The van der Waals surface area contributed by atoms with Crippen molar-refractivity contribution in [1.29, 1.82) is 0 Å². The molecule has 0 aliphatic carbocycles. The van der Waals surface area contributed by atoms with E-state index in [9.17, 15) is 4.79 Å². The Hall–Kier alpha value is -1.71. The highest BCUT2D eigenvalue weighted by Crippen LogP contribution is 2.28. The monoisotopic (exact) mass is 307 g/mol. The molecule has 1 aromatic rings. The van der Waals surface area contributed by atoms with Crippen LogP contribution in [0.2, 0.25) is 0 Å². The molecule has 0 heterocycles. The highest BCUT2D eigenvalue weighted by atomic mass is 16.5. The number of ether oxygens (including phenoxy) is 2. The highest BCUT2D eigenvalue weighted by molar-refractivity contribution is 5.78. The van der Waals surface area contributed by atoms with E-state index in [-0.39, 0.29) is 11.8 Å². The average molecular weight is 307 g/mol. The second-order valence-electron chi connectivity index (χ2n) is 5.62. The van der Waals surface area contributed by atoms with Gasteiger partial charge in [-0.3, -0.25) is 4.79 Å². The number of hydrogen-bond donors (Lipinski definition) is 0. The molecule has 0 fully saturated rings.